The fraction of sp³-hybridized carbons (Fsp3) is 0.786. The van der Waals surface area contributed by atoms with E-state index in [1.165, 1.54) is 0 Å². The first-order valence-electron chi connectivity index (χ1n) is 7.12. The van der Waals surface area contributed by atoms with Crippen molar-refractivity contribution < 1.29 is 4.39 Å². The van der Waals surface area contributed by atoms with Gasteiger partial charge in [-0.15, -0.1) is 0 Å². The van der Waals surface area contributed by atoms with Crippen LogP contribution in [0.25, 0.3) is 0 Å². The van der Waals surface area contributed by atoms with Crippen LogP contribution in [0.15, 0.2) is 6.07 Å². The highest BCUT2D eigenvalue weighted by molar-refractivity contribution is 5.13. The first-order chi connectivity index (χ1) is 8.67. The van der Waals surface area contributed by atoms with Gasteiger partial charge in [-0.2, -0.15) is 5.10 Å². The van der Waals surface area contributed by atoms with Gasteiger partial charge < -0.3 is 5.32 Å². The lowest BCUT2D eigenvalue weighted by Crippen LogP contribution is -2.28. The summed E-state index contributed by atoms with van der Waals surface area (Å²) >= 11 is 0. The largest absolute Gasteiger partial charge is 0.317 e. The highest BCUT2D eigenvalue weighted by Gasteiger charge is 2.32. The lowest BCUT2D eigenvalue weighted by atomic mass is 9.91. The van der Waals surface area contributed by atoms with Crippen molar-refractivity contribution in [1.29, 1.82) is 0 Å². The maximum Gasteiger partial charge on any atom is 0.117 e. The van der Waals surface area contributed by atoms with Crippen LogP contribution in [0.2, 0.25) is 0 Å². The van der Waals surface area contributed by atoms with E-state index in [2.05, 4.69) is 30.3 Å². The van der Waals surface area contributed by atoms with Crippen LogP contribution in [0.1, 0.15) is 44.5 Å². The Kier molecular flexibility index (Phi) is 4.38. The van der Waals surface area contributed by atoms with E-state index in [9.17, 15) is 4.39 Å². The number of halogens is 1. The van der Waals surface area contributed by atoms with Crippen molar-refractivity contribution in [3.05, 3.63) is 17.5 Å². The Morgan fingerprint density at radius 3 is 2.94 bits per heavy atom. The molecule has 18 heavy (non-hydrogen) atoms. The van der Waals surface area contributed by atoms with Crippen LogP contribution in [0, 0.1) is 0 Å². The van der Waals surface area contributed by atoms with Gasteiger partial charge >= 0.3 is 0 Å². The Balaban J connectivity index is 2.13. The second-order valence-corrected chi connectivity index (χ2v) is 5.23. The normalized spacial score (nSPS) is 25.1. The molecule has 4 heteroatoms. The van der Waals surface area contributed by atoms with Crippen LogP contribution in [-0.4, -0.2) is 28.5 Å². The summed E-state index contributed by atoms with van der Waals surface area (Å²) in [6.07, 6.45) is 3.63. The van der Waals surface area contributed by atoms with E-state index in [1.54, 1.807) is 0 Å². The molecule has 2 rings (SSSR count). The zero-order valence-corrected chi connectivity index (χ0v) is 11.5. The smallest absolute Gasteiger partial charge is 0.117 e. The molecule has 1 saturated heterocycles. The summed E-state index contributed by atoms with van der Waals surface area (Å²) in [5.74, 6) is 0. The lowest BCUT2D eigenvalue weighted by Gasteiger charge is -2.23. The van der Waals surface area contributed by atoms with Crippen LogP contribution < -0.4 is 5.32 Å². The summed E-state index contributed by atoms with van der Waals surface area (Å²) in [6.45, 7) is 6.71. The van der Waals surface area contributed by atoms with E-state index in [0.717, 1.165) is 43.9 Å². The van der Waals surface area contributed by atoms with Gasteiger partial charge in [0.1, 0.15) is 5.67 Å². The number of nitrogens with zero attached hydrogens (tertiary/aromatic N) is 2. The van der Waals surface area contributed by atoms with Crippen molar-refractivity contribution in [2.24, 2.45) is 0 Å². The Morgan fingerprint density at radius 2 is 2.22 bits per heavy atom. The highest BCUT2D eigenvalue weighted by Crippen LogP contribution is 2.29. The summed E-state index contributed by atoms with van der Waals surface area (Å²) in [6, 6.07) is 2.07. The molecule has 0 aromatic carbocycles. The molecule has 0 bridgehead atoms. The molecule has 0 saturated carbocycles. The van der Waals surface area contributed by atoms with E-state index in [-0.39, 0.29) is 0 Å². The minimum absolute atomic E-state index is 0.509. The average Bonchev–Trinajstić information content (AvgIpc) is 2.62. The van der Waals surface area contributed by atoms with Crippen LogP contribution in [0.4, 0.5) is 4.39 Å². The van der Waals surface area contributed by atoms with Gasteiger partial charge in [-0.1, -0.05) is 6.92 Å². The molecule has 1 unspecified atom stereocenters. The molecule has 0 aliphatic carbocycles. The van der Waals surface area contributed by atoms with Gasteiger partial charge in [0.25, 0.3) is 0 Å². The van der Waals surface area contributed by atoms with E-state index in [4.69, 9.17) is 0 Å². The van der Waals surface area contributed by atoms with Gasteiger partial charge in [-0.05, 0) is 51.8 Å². The summed E-state index contributed by atoms with van der Waals surface area (Å²) in [5, 5.41) is 7.77. The second-order valence-electron chi connectivity index (χ2n) is 5.23. The average molecular weight is 253 g/mol. The second kappa shape index (κ2) is 5.83. The van der Waals surface area contributed by atoms with Gasteiger partial charge in [0.15, 0.2) is 0 Å². The fourth-order valence-electron chi connectivity index (χ4n) is 2.70. The summed E-state index contributed by atoms with van der Waals surface area (Å²) in [5.41, 5.74) is 1.07. The van der Waals surface area contributed by atoms with Crippen molar-refractivity contribution in [2.45, 2.75) is 58.2 Å². The standard InChI is InChI=1S/C14H24FN3/c1-3-12-10-13(18(4-2)17-12)11-14(15)6-5-8-16-9-7-14/h10,16H,3-9,11H2,1-2H3. The molecule has 102 valence electrons. The molecule has 1 aliphatic heterocycles. The topological polar surface area (TPSA) is 29.9 Å². The van der Waals surface area contributed by atoms with E-state index >= 15 is 0 Å². The van der Waals surface area contributed by atoms with Crippen molar-refractivity contribution >= 4 is 0 Å². The third kappa shape index (κ3) is 3.10. The highest BCUT2D eigenvalue weighted by atomic mass is 19.1. The summed E-state index contributed by atoms with van der Waals surface area (Å²) < 4.78 is 16.8. The van der Waals surface area contributed by atoms with E-state index in [1.807, 2.05) is 4.68 Å². The van der Waals surface area contributed by atoms with Crippen molar-refractivity contribution in [1.82, 2.24) is 15.1 Å². The quantitative estimate of drug-likeness (QED) is 0.893. The Labute approximate surface area is 109 Å². The number of hydrogen-bond donors (Lipinski definition) is 1. The maximum absolute atomic E-state index is 14.9. The molecule has 2 heterocycles. The number of nitrogens with one attached hydrogen (secondary N) is 1. The molecular weight excluding hydrogens is 229 g/mol. The molecule has 3 nitrogen and oxygen atoms in total. The molecule has 1 N–H and O–H groups in total. The van der Waals surface area contributed by atoms with Crippen LogP contribution in [0.3, 0.4) is 0 Å². The number of alkyl halides is 1. The van der Waals surface area contributed by atoms with Gasteiger partial charge in [0.05, 0.1) is 5.69 Å². The molecule has 1 fully saturated rings. The third-order valence-corrected chi connectivity index (χ3v) is 3.80. The number of rotatable bonds is 4. The number of aromatic nitrogens is 2. The van der Waals surface area contributed by atoms with E-state index in [0.29, 0.717) is 19.3 Å². The van der Waals surface area contributed by atoms with Gasteiger partial charge in [0.2, 0.25) is 0 Å². The van der Waals surface area contributed by atoms with Gasteiger partial charge in [0, 0.05) is 18.7 Å². The van der Waals surface area contributed by atoms with Crippen LogP contribution in [0.5, 0.6) is 0 Å². The predicted octanol–water partition coefficient (Wildman–Crippen LogP) is 2.49. The molecule has 1 aromatic rings. The zero-order chi connectivity index (χ0) is 13.0. The molecule has 0 amide bonds. The fourth-order valence-corrected chi connectivity index (χ4v) is 2.70. The van der Waals surface area contributed by atoms with Crippen molar-refractivity contribution in [2.75, 3.05) is 13.1 Å². The van der Waals surface area contributed by atoms with Crippen molar-refractivity contribution in [3.8, 4) is 0 Å². The van der Waals surface area contributed by atoms with Gasteiger partial charge in [-0.3, -0.25) is 4.68 Å². The van der Waals surface area contributed by atoms with E-state index < -0.39 is 5.67 Å². The molecule has 0 spiro atoms. The van der Waals surface area contributed by atoms with Gasteiger partial charge in [-0.25, -0.2) is 4.39 Å². The maximum atomic E-state index is 14.9. The monoisotopic (exact) mass is 253 g/mol. The lowest BCUT2D eigenvalue weighted by molar-refractivity contribution is 0.141. The number of hydrogen-bond acceptors (Lipinski definition) is 2. The molecule has 0 radical (unpaired) electrons. The molecule has 1 atom stereocenters. The molecule has 1 aliphatic rings. The zero-order valence-electron chi connectivity index (χ0n) is 11.5. The van der Waals surface area contributed by atoms with Crippen molar-refractivity contribution in [3.63, 3.8) is 0 Å². The Morgan fingerprint density at radius 1 is 1.39 bits per heavy atom. The Hall–Kier alpha value is -0.900. The third-order valence-electron chi connectivity index (χ3n) is 3.80. The summed E-state index contributed by atoms with van der Waals surface area (Å²) in [7, 11) is 0. The minimum Gasteiger partial charge on any atom is -0.317 e. The van der Waals surface area contributed by atoms with Crippen LogP contribution >= 0.6 is 0 Å². The van der Waals surface area contributed by atoms with Crippen LogP contribution in [-0.2, 0) is 19.4 Å². The molecule has 1 aromatic heterocycles. The Bertz CT molecular complexity index is 378. The summed E-state index contributed by atoms with van der Waals surface area (Å²) in [4.78, 5) is 0. The first-order valence-corrected chi connectivity index (χ1v) is 7.12. The minimum atomic E-state index is -1.05. The SMILES string of the molecule is CCc1cc(CC2(F)CCCNCC2)n(CC)n1. The number of aryl methyl sites for hydroxylation is 2. The molecular formula is C14H24FN3. The predicted molar refractivity (Wildman–Crippen MR) is 71.5 cm³/mol. The first kappa shape index (κ1) is 13.5.